The van der Waals surface area contributed by atoms with Gasteiger partial charge in [0.15, 0.2) is 5.82 Å². The lowest BCUT2D eigenvalue weighted by molar-refractivity contribution is -0.144. The molecule has 144 valence electrons. The molecule has 0 bridgehead atoms. The third-order valence-electron chi connectivity index (χ3n) is 4.85. The second-order valence-electron chi connectivity index (χ2n) is 6.60. The summed E-state index contributed by atoms with van der Waals surface area (Å²) in [5.74, 6) is 5.83. The predicted molar refractivity (Wildman–Crippen MR) is 108 cm³/mol. The lowest BCUT2D eigenvalue weighted by Crippen LogP contribution is -2.15. The number of hydrogen-bond acceptors (Lipinski definition) is 7. The summed E-state index contributed by atoms with van der Waals surface area (Å²) >= 11 is 7.73. The van der Waals surface area contributed by atoms with Gasteiger partial charge in [-0.15, -0.1) is 21.5 Å². The molecule has 2 aromatic heterocycles. The number of carbonyl (C=O) groups is 1. The molecular formula is C19H18ClN5O2S. The number of nitrogens with two attached hydrogens (primary N) is 1. The Balaban J connectivity index is 2.01. The second kappa shape index (κ2) is 7.12. The first-order valence-corrected chi connectivity index (χ1v) is 9.86. The summed E-state index contributed by atoms with van der Waals surface area (Å²) in [6.07, 6.45) is -0.0291. The molecule has 9 heteroatoms. The predicted octanol–water partition coefficient (Wildman–Crippen LogP) is 3.61. The molecule has 0 saturated heterocycles. The van der Waals surface area contributed by atoms with Crippen molar-refractivity contribution in [3.05, 3.63) is 62.5 Å². The Bertz CT molecular complexity index is 1100. The molecule has 1 aliphatic rings. The molecule has 1 aromatic carbocycles. The van der Waals surface area contributed by atoms with Crippen molar-refractivity contribution >= 4 is 34.6 Å². The van der Waals surface area contributed by atoms with Gasteiger partial charge in [0.25, 0.3) is 0 Å². The summed E-state index contributed by atoms with van der Waals surface area (Å²) in [5, 5.41) is 10.2. The molecule has 3 heterocycles. The van der Waals surface area contributed by atoms with Crippen LogP contribution in [0.1, 0.15) is 45.7 Å². The fourth-order valence-electron chi connectivity index (χ4n) is 3.34. The molecule has 4 rings (SSSR count). The van der Waals surface area contributed by atoms with Crippen molar-refractivity contribution in [1.29, 1.82) is 0 Å². The topological polar surface area (TPSA) is 95.4 Å². The molecule has 0 spiro atoms. The minimum atomic E-state index is -0.567. The number of thiophene rings is 1. The van der Waals surface area contributed by atoms with Crippen LogP contribution in [0.3, 0.4) is 0 Å². The van der Waals surface area contributed by atoms with Gasteiger partial charge in [0.1, 0.15) is 16.9 Å². The Morgan fingerprint density at radius 1 is 1.25 bits per heavy atom. The lowest BCUT2D eigenvalue weighted by Gasteiger charge is -2.11. The molecule has 1 atom stereocenters. The van der Waals surface area contributed by atoms with E-state index in [0.29, 0.717) is 10.8 Å². The molecule has 0 amide bonds. The second-order valence-corrected chi connectivity index (χ2v) is 8.24. The fraction of sp³-hybridized carbons (Fsp3) is 0.263. The van der Waals surface area contributed by atoms with Gasteiger partial charge in [0.05, 0.1) is 12.1 Å². The number of halogens is 1. The molecule has 28 heavy (non-hydrogen) atoms. The number of aliphatic imine (C=N–C) groups is 1. The summed E-state index contributed by atoms with van der Waals surface area (Å²) in [5.41, 5.74) is 3.84. The summed E-state index contributed by atoms with van der Waals surface area (Å²) in [7, 11) is 0. The normalized spacial score (nSPS) is 15.5. The van der Waals surface area contributed by atoms with Gasteiger partial charge in [-0.3, -0.25) is 14.4 Å². The number of aromatic nitrogens is 3. The first-order chi connectivity index (χ1) is 13.4. The molecule has 1 aliphatic heterocycles. The van der Waals surface area contributed by atoms with E-state index >= 15 is 0 Å². The van der Waals surface area contributed by atoms with Crippen molar-refractivity contribution in [1.82, 2.24) is 14.8 Å². The molecule has 0 radical (unpaired) electrons. The number of fused-ring (bicyclic) bond motifs is 3. The van der Waals surface area contributed by atoms with Crippen molar-refractivity contribution in [3.8, 4) is 5.00 Å². The van der Waals surface area contributed by atoms with Crippen LogP contribution >= 0.6 is 22.9 Å². The van der Waals surface area contributed by atoms with E-state index in [-0.39, 0.29) is 6.42 Å². The van der Waals surface area contributed by atoms with E-state index in [1.807, 2.05) is 35.8 Å². The van der Waals surface area contributed by atoms with Gasteiger partial charge in [0.2, 0.25) is 0 Å². The zero-order valence-electron chi connectivity index (χ0n) is 15.6. The van der Waals surface area contributed by atoms with Crippen LogP contribution in [0.25, 0.3) is 5.00 Å². The van der Waals surface area contributed by atoms with E-state index in [9.17, 15) is 4.79 Å². The highest BCUT2D eigenvalue weighted by Gasteiger charge is 2.32. The Labute approximate surface area is 170 Å². The standard InChI is InChI=1S/C19H18ClN5O2S/c1-9-10(2)28-19-16(9)17(12-4-6-13(20)7-5-12)22-14(8-15(26)27-21)18-24-23-11(3)25(18)19/h4-7,14H,8,21H2,1-3H3/t14-/m0/s1. The van der Waals surface area contributed by atoms with Crippen LogP contribution in [0.15, 0.2) is 29.3 Å². The van der Waals surface area contributed by atoms with Crippen molar-refractivity contribution in [3.63, 3.8) is 0 Å². The molecule has 0 aliphatic carbocycles. The van der Waals surface area contributed by atoms with E-state index in [4.69, 9.17) is 22.5 Å². The van der Waals surface area contributed by atoms with Crippen LogP contribution in [0.5, 0.6) is 0 Å². The highest BCUT2D eigenvalue weighted by Crippen LogP contribution is 2.39. The minimum Gasteiger partial charge on any atom is -0.373 e. The number of nitrogens with zero attached hydrogens (tertiary/aromatic N) is 4. The maximum atomic E-state index is 11.9. The number of carbonyl (C=O) groups excluding carboxylic acids is 1. The first-order valence-electron chi connectivity index (χ1n) is 8.66. The van der Waals surface area contributed by atoms with Crippen molar-refractivity contribution in [2.24, 2.45) is 10.9 Å². The fourth-order valence-corrected chi connectivity index (χ4v) is 4.68. The van der Waals surface area contributed by atoms with Gasteiger partial charge < -0.3 is 4.84 Å². The van der Waals surface area contributed by atoms with Crippen LogP contribution in [0.2, 0.25) is 5.02 Å². The Morgan fingerprint density at radius 3 is 2.64 bits per heavy atom. The number of benzene rings is 1. The van der Waals surface area contributed by atoms with Crippen LogP contribution in [0, 0.1) is 20.8 Å². The van der Waals surface area contributed by atoms with Crippen LogP contribution in [-0.2, 0) is 9.63 Å². The molecule has 0 unspecified atom stereocenters. The Morgan fingerprint density at radius 2 is 1.96 bits per heavy atom. The maximum absolute atomic E-state index is 11.9. The SMILES string of the molecule is Cc1sc2c(c1C)C(c1ccc(Cl)cc1)=N[C@@H](CC(=O)ON)c1nnc(C)n1-2. The molecule has 0 saturated carbocycles. The largest absolute Gasteiger partial charge is 0.373 e. The molecular weight excluding hydrogens is 398 g/mol. The van der Waals surface area contributed by atoms with Crippen LogP contribution in [-0.4, -0.2) is 26.4 Å². The molecule has 3 aromatic rings. The Hall–Kier alpha value is -2.55. The lowest BCUT2D eigenvalue weighted by atomic mass is 9.99. The number of rotatable bonds is 3. The number of aryl methyl sites for hydroxylation is 2. The van der Waals surface area contributed by atoms with E-state index in [2.05, 4.69) is 28.9 Å². The maximum Gasteiger partial charge on any atom is 0.327 e. The van der Waals surface area contributed by atoms with Crippen LogP contribution < -0.4 is 5.90 Å². The zero-order valence-corrected chi connectivity index (χ0v) is 17.1. The summed E-state index contributed by atoms with van der Waals surface area (Å²) in [6, 6.07) is 6.94. The Kier molecular flexibility index (Phi) is 4.78. The highest BCUT2D eigenvalue weighted by molar-refractivity contribution is 7.15. The number of hydrogen-bond donors (Lipinski definition) is 1. The van der Waals surface area contributed by atoms with Gasteiger partial charge in [-0.1, -0.05) is 23.7 Å². The zero-order chi connectivity index (χ0) is 20.0. The third-order valence-corrected chi connectivity index (χ3v) is 6.29. The molecule has 2 N–H and O–H groups in total. The third kappa shape index (κ3) is 3.03. The highest BCUT2D eigenvalue weighted by atomic mass is 35.5. The van der Waals surface area contributed by atoms with E-state index in [1.54, 1.807) is 11.3 Å². The van der Waals surface area contributed by atoms with Crippen molar-refractivity contribution in [2.75, 3.05) is 0 Å². The van der Waals surface area contributed by atoms with E-state index < -0.39 is 12.0 Å². The summed E-state index contributed by atoms with van der Waals surface area (Å²) in [4.78, 5) is 22.5. The van der Waals surface area contributed by atoms with Gasteiger partial charge in [-0.25, -0.2) is 0 Å². The summed E-state index contributed by atoms with van der Waals surface area (Å²) < 4.78 is 1.97. The average molecular weight is 416 g/mol. The van der Waals surface area contributed by atoms with Crippen LogP contribution in [0.4, 0.5) is 0 Å². The summed E-state index contributed by atoms with van der Waals surface area (Å²) in [6.45, 7) is 6.04. The van der Waals surface area contributed by atoms with E-state index in [1.165, 1.54) is 4.88 Å². The van der Waals surface area contributed by atoms with Gasteiger partial charge in [-0.2, -0.15) is 5.90 Å². The molecule has 0 fully saturated rings. The minimum absolute atomic E-state index is 0.0291. The van der Waals surface area contributed by atoms with Crippen molar-refractivity contribution in [2.45, 2.75) is 33.2 Å². The quantitative estimate of drug-likeness (QED) is 0.659. The molecule has 7 nitrogen and oxygen atoms in total. The monoisotopic (exact) mass is 415 g/mol. The van der Waals surface area contributed by atoms with Gasteiger partial charge in [0, 0.05) is 21.0 Å². The smallest absolute Gasteiger partial charge is 0.327 e. The average Bonchev–Trinajstić information content (AvgIpc) is 3.15. The van der Waals surface area contributed by atoms with Gasteiger partial charge in [-0.05, 0) is 38.5 Å². The van der Waals surface area contributed by atoms with E-state index in [0.717, 1.165) is 33.2 Å². The first kappa shape index (κ1) is 18.8. The van der Waals surface area contributed by atoms with Gasteiger partial charge >= 0.3 is 5.97 Å². The van der Waals surface area contributed by atoms with Crippen molar-refractivity contribution < 1.29 is 9.63 Å².